The van der Waals surface area contributed by atoms with Crippen LogP contribution in [0.4, 0.5) is 0 Å². The summed E-state index contributed by atoms with van der Waals surface area (Å²) in [6.07, 6.45) is 6.62. The lowest BCUT2D eigenvalue weighted by Gasteiger charge is -2.22. The maximum Gasteiger partial charge on any atom is 0.237 e. The predicted octanol–water partition coefficient (Wildman–Crippen LogP) is 3.13. The molecule has 0 aromatic heterocycles. The van der Waals surface area contributed by atoms with Gasteiger partial charge in [0.05, 0.1) is 6.04 Å². The molecule has 1 fully saturated rings. The molecule has 1 aliphatic heterocycles. The maximum atomic E-state index is 11.9. The molecule has 2 rings (SSSR count). The van der Waals surface area contributed by atoms with Crippen LogP contribution in [-0.4, -0.2) is 39.1 Å². The summed E-state index contributed by atoms with van der Waals surface area (Å²) in [6, 6.07) is 10.6. The molecule has 1 aromatic carbocycles. The number of rotatable bonds is 6. The topological polar surface area (TPSA) is 53.2 Å². The number of amides is 1. The van der Waals surface area contributed by atoms with E-state index < -0.39 is 0 Å². The Balaban J connectivity index is 0.000000952. The minimum Gasteiger partial charge on any atom is -0.355 e. The lowest BCUT2D eigenvalue weighted by atomic mass is 10.0. The summed E-state index contributed by atoms with van der Waals surface area (Å²) < 4.78 is 0. The lowest BCUT2D eigenvalue weighted by Crippen LogP contribution is -2.46. The van der Waals surface area contributed by atoms with Gasteiger partial charge in [0.2, 0.25) is 5.91 Å². The average Bonchev–Trinajstić information content (AvgIpc) is 2.65. The second kappa shape index (κ2) is 16.5. The van der Waals surface area contributed by atoms with Crippen molar-refractivity contribution in [2.45, 2.75) is 58.4 Å². The second-order valence-corrected chi connectivity index (χ2v) is 5.74. The molecule has 1 aromatic rings. The van der Waals surface area contributed by atoms with E-state index in [1.54, 1.807) is 0 Å². The molecule has 0 aliphatic carbocycles. The van der Waals surface area contributed by atoms with E-state index in [0.717, 1.165) is 38.8 Å². The molecule has 1 amide bonds. The smallest absolute Gasteiger partial charge is 0.237 e. The van der Waals surface area contributed by atoms with Crippen LogP contribution >= 0.6 is 0 Å². The number of carbonyl (C=O) groups is 1. The minimum atomic E-state index is 0.0443. The third-order valence-corrected chi connectivity index (χ3v) is 3.66. The summed E-state index contributed by atoms with van der Waals surface area (Å²) in [5.74, 6) is 0.180. The third-order valence-electron chi connectivity index (χ3n) is 3.66. The Labute approximate surface area is 148 Å². The van der Waals surface area contributed by atoms with Gasteiger partial charge in [-0.05, 0) is 58.3 Å². The summed E-state index contributed by atoms with van der Waals surface area (Å²) in [5, 5.41) is 9.06. The van der Waals surface area contributed by atoms with Crippen LogP contribution in [0, 0.1) is 0 Å². The number of unbranched alkanes of at least 4 members (excludes halogenated alkanes) is 1. The predicted molar refractivity (Wildman–Crippen MR) is 104 cm³/mol. The Morgan fingerprint density at radius 3 is 2.38 bits per heavy atom. The minimum absolute atomic E-state index is 0.0443. The van der Waals surface area contributed by atoms with Crippen molar-refractivity contribution in [2.75, 3.05) is 27.2 Å². The van der Waals surface area contributed by atoms with E-state index in [4.69, 9.17) is 0 Å². The van der Waals surface area contributed by atoms with Gasteiger partial charge in [-0.2, -0.15) is 0 Å². The van der Waals surface area contributed by atoms with Gasteiger partial charge in [0.1, 0.15) is 0 Å². The summed E-state index contributed by atoms with van der Waals surface area (Å²) in [4.78, 5) is 11.9. The zero-order valence-electron chi connectivity index (χ0n) is 16.0. The molecule has 24 heavy (non-hydrogen) atoms. The Morgan fingerprint density at radius 1 is 1.12 bits per heavy atom. The Hall–Kier alpha value is -1.39. The number of benzene rings is 1. The number of aryl methyl sites for hydroxylation is 1. The van der Waals surface area contributed by atoms with E-state index in [1.807, 2.05) is 34.0 Å². The Kier molecular flexibility index (Phi) is 15.5. The first kappa shape index (κ1) is 22.6. The highest BCUT2D eigenvalue weighted by molar-refractivity contribution is 5.81. The molecule has 4 nitrogen and oxygen atoms in total. The molecular weight excluding hydrogens is 298 g/mol. The lowest BCUT2D eigenvalue weighted by molar-refractivity contribution is -0.123. The van der Waals surface area contributed by atoms with Crippen LogP contribution in [0.25, 0.3) is 0 Å². The molecule has 0 saturated carbocycles. The highest BCUT2D eigenvalue weighted by Gasteiger charge is 2.19. The van der Waals surface area contributed by atoms with Gasteiger partial charge in [0.25, 0.3) is 0 Å². The first-order chi connectivity index (χ1) is 11.8. The van der Waals surface area contributed by atoms with Gasteiger partial charge in [-0.15, -0.1) is 0 Å². The van der Waals surface area contributed by atoms with E-state index in [1.165, 1.54) is 18.4 Å². The monoisotopic (exact) mass is 335 g/mol. The molecule has 138 valence electrons. The van der Waals surface area contributed by atoms with Crippen molar-refractivity contribution in [3.05, 3.63) is 35.9 Å². The Morgan fingerprint density at radius 2 is 1.79 bits per heavy atom. The Bertz CT molecular complexity index is 389. The van der Waals surface area contributed by atoms with Gasteiger partial charge >= 0.3 is 0 Å². The molecule has 3 N–H and O–H groups in total. The van der Waals surface area contributed by atoms with Gasteiger partial charge in [-0.3, -0.25) is 4.79 Å². The fourth-order valence-electron chi connectivity index (χ4n) is 2.51. The van der Waals surface area contributed by atoms with Crippen LogP contribution in [-0.2, 0) is 11.2 Å². The van der Waals surface area contributed by atoms with E-state index in [-0.39, 0.29) is 11.9 Å². The van der Waals surface area contributed by atoms with Crippen molar-refractivity contribution in [1.29, 1.82) is 0 Å². The first-order valence-electron chi connectivity index (χ1n) is 9.41. The van der Waals surface area contributed by atoms with Gasteiger partial charge < -0.3 is 16.0 Å². The molecule has 4 heteroatoms. The van der Waals surface area contributed by atoms with Crippen molar-refractivity contribution in [3.8, 4) is 0 Å². The van der Waals surface area contributed by atoms with E-state index in [0.29, 0.717) is 0 Å². The second-order valence-electron chi connectivity index (χ2n) is 5.74. The third kappa shape index (κ3) is 11.2. The van der Waals surface area contributed by atoms with Crippen LogP contribution in [0.1, 0.15) is 51.5 Å². The van der Waals surface area contributed by atoms with Crippen molar-refractivity contribution in [3.63, 3.8) is 0 Å². The van der Waals surface area contributed by atoms with E-state index in [9.17, 15) is 4.79 Å². The van der Waals surface area contributed by atoms with Crippen LogP contribution in [0.3, 0.4) is 0 Å². The molecule has 1 heterocycles. The van der Waals surface area contributed by atoms with Crippen molar-refractivity contribution >= 4 is 5.91 Å². The molecule has 0 spiro atoms. The van der Waals surface area contributed by atoms with Crippen molar-refractivity contribution in [1.82, 2.24) is 16.0 Å². The largest absolute Gasteiger partial charge is 0.355 e. The van der Waals surface area contributed by atoms with E-state index in [2.05, 4.69) is 40.2 Å². The van der Waals surface area contributed by atoms with Crippen LogP contribution < -0.4 is 16.0 Å². The summed E-state index contributed by atoms with van der Waals surface area (Å²) in [7, 11) is 3.75. The zero-order chi connectivity index (χ0) is 18.0. The quantitative estimate of drug-likeness (QED) is 0.700. The first-order valence-corrected chi connectivity index (χ1v) is 9.41. The normalized spacial score (nSPS) is 16.1. The molecule has 1 aliphatic rings. The molecule has 0 radical (unpaired) electrons. The zero-order valence-corrected chi connectivity index (χ0v) is 16.0. The number of carbonyl (C=O) groups excluding carboxylic acids is 1. The van der Waals surface area contributed by atoms with Gasteiger partial charge in [-0.25, -0.2) is 0 Å². The van der Waals surface area contributed by atoms with Gasteiger partial charge in [0, 0.05) is 6.54 Å². The summed E-state index contributed by atoms with van der Waals surface area (Å²) in [6.45, 7) is 5.77. The number of hydrogen-bond donors (Lipinski definition) is 3. The summed E-state index contributed by atoms with van der Waals surface area (Å²) >= 11 is 0. The highest BCUT2D eigenvalue weighted by atomic mass is 16.2. The van der Waals surface area contributed by atoms with Gasteiger partial charge in [-0.1, -0.05) is 50.6 Å². The number of hydrogen-bond acceptors (Lipinski definition) is 3. The highest BCUT2D eigenvalue weighted by Crippen LogP contribution is 2.07. The summed E-state index contributed by atoms with van der Waals surface area (Å²) in [5.41, 5.74) is 1.38. The molecule has 0 bridgehead atoms. The molecule has 1 atom stereocenters. The standard InChI is InChI=1S/C16H24N2O.C2H7N.C2H6/c19-16(15-11-5-7-12-17-15)18-13-6-4-10-14-8-2-1-3-9-14;1-3-2;1-2/h1-3,8-9,15,17H,4-7,10-13H2,(H,18,19);3H,1-2H3;1-2H3. The van der Waals surface area contributed by atoms with Crippen molar-refractivity contribution in [2.24, 2.45) is 0 Å². The maximum absolute atomic E-state index is 11.9. The number of piperidine rings is 1. The molecule has 1 saturated heterocycles. The molecular formula is C20H37N3O. The fraction of sp³-hybridized carbons (Fsp3) is 0.650. The van der Waals surface area contributed by atoms with Crippen molar-refractivity contribution < 1.29 is 4.79 Å². The van der Waals surface area contributed by atoms with Crippen LogP contribution in [0.2, 0.25) is 0 Å². The SMILES string of the molecule is CC.CNC.O=C(NCCCCc1ccccc1)C1CCCCN1. The van der Waals surface area contributed by atoms with Gasteiger partial charge in [0.15, 0.2) is 0 Å². The molecule has 1 unspecified atom stereocenters. The van der Waals surface area contributed by atoms with E-state index >= 15 is 0 Å². The van der Waals surface area contributed by atoms with Crippen LogP contribution in [0.15, 0.2) is 30.3 Å². The average molecular weight is 336 g/mol. The van der Waals surface area contributed by atoms with Crippen LogP contribution in [0.5, 0.6) is 0 Å². The fourth-order valence-corrected chi connectivity index (χ4v) is 2.51. The number of nitrogens with one attached hydrogen (secondary N) is 3.